The van der Waals surface area contributed by atoms with E-state index in [9.17, 15) is 4.79 Å². The lowest BCUT2D eigenvalue weighted by Crippen LogP contribution is -2.36. The van der Waals surface area contributed by atoms with Crippen LogP contribution in [-0.4, -0.2) is 17.0 Å². The molecule has 0 spiro atoms. The summed E-state index contributed by atoms with van der Waals surface area (Å²) in [5.41, 5.74) is 1.92. The molecular weight excluding hydrogens is 384 g/mol. The normalized spacial score (nSPS) is 23.1. The molecule has 152 valence electrons. The van der Waals surface area contributed by atoms with Crippen molar-refractivity contribution in [3.8, 4) is 5.75 Å². The van der Waals surface area contributed by atoms with Crippen LogP contribution in [0.2, 0.25) is 0 Å². The summed E-state index contributed by atoms with van der Waals surface area (Å²) in [6.07, 6.45) is 11.3. The van der Waals surface area contributed by atoms with Crippen LogP contribution in [-0.2, 0) is 4.79 Å². The molecule has 29 heavy (non-hydrogen) atoms. The topological polar surface area (TPSA) is 51.2 Å². The van der Waals surface area contributed by atoms with Gasteiger partial charge in [0.15, 0.2) is 0 Å². The zero-order chi connectivity index (χ0) is 20.2. The third kappa shape index (κ3) is 4.81. The van der Waals surface area contributed by atoms with E-state index in [1.807, 2.05) is 43.3 Å². The lowest BCUT2D eigenvalue weighted by atomic mass is 9.79. The number of allylic oxidation sites excluding steroid dienone is 4. The summed E-state index contributed by atoms with van der Waals surface area (Å²) in [5, 5.41) is 4.99. The number of fused-ring (bicyclic) bond motifs is 1. The maximum Gasteiger partial charge on any atom is 0.227 e. The van der Waals surface area contributed by atoms with Crippen molar-refractivity contribution in [3.05, 3.63) is 59.4 Å². The van der Waals surface area contributed by atoms with E-state index in [1.54, 1.807) is 6.20 Å². The first-order valence-corrected chi connectivity index (χ1v) is 10.8. The molecule has 1 amide bonds. The van der Waals surface area contributed by atoms with Crippen molar-refractivity contribution in [2.75, 3.05) is 0 Å². The predicted molar refractivity (Wildman–Crippen MR) is 117 cm³/mol. The van der Waals surface area contributed by atoms with E-state index in [1.165, 1.54) is 0 Å². The number of benzene rings is 1. The van der Waals surface area contributed by atoms with Crippen LogP contribution in [0.5, 0.6) is 5.75 Å². The third-order valence-corrected chi connectivity index (χ3v) is 6.44. The minimum atomic E-state index is -0.0000153. The SMILES string of the molecule is CC(C(=O)NC1=CC=C(Cl)CC1)C1CCC(Oc2ccnc3ccccc23)CC1. The molecule has 0 saturated heterocycles. The molecular formula is C24H27ClN2O2. The van der Waals surface area contributed by atoms with Crippen molar-refractivity contribution in [2.45, 2.75) is 51.6 Å². The van der Waals surface area contributed by atoms with Crippen LogP contribution < -0.4 is 10.1 Å². The maximum absolute atomic E-state index is 12.7. The van der Waals surface area contributed by atoms with Gasteiger partial charge in [-0.25, -0.2) is 0 Å². The van der Waals surface area contributed by atoms with E-state index in [0.717, 1.165) is 65.9 Å². The number of carbonyl (C=O) groups excluding carboxylic acids is 1. The van der Waals surface area contributed by atoms with Gasteiger partial charge in [0, 0.05) is 28.2 Å². The van der Waals surface area contributed by atoms with Gasteiger partial charge in [-0.1, -0.05) is 30.7 Å². The van der Waals surface area contributed by atoms with Gasteiger partial charge in [-0.2, -0.15) is 0 Å². The Morgan fingerprint density at radius 1 is 1.14 bits per heavy atom. The van der Waals surface area contributed by atoms with Crippen molar-refractivity contribution in [2.24, 2.45) is 11.8 Å². The zero-order valence-electron chi connectivity index (χ0n) is 16.7. The fourth-order valence-corrected chi connectivity index (χ4v) is 4.42. The summed E-state index contributed by atoms with van der Waals surface area (Å²) < 4.78 is 6.32. The van der Waals surface area contributed by atoms with Crippen molar-refractivity contribution in [1.82, 2.24) is 10.3 Å². The second-order valence-corrected chi connectivity index (χ2v) is 8.55. The molecule has 2 aliphatic carbocycles. The molecule has 2 aliphatic rings. The van der Waals surface area contributed by atoms with E-state index in [0.29, 0.717) is 5.92 Å². The fourth-order valence-electron chi connectivity index (χ4n) is 4.26. The Morgan fingerprint density at radius 2 is 1.93 bits per heavy atom. The molecule has 4 nitrogen and oxygen atoms in total. The van der Waals surface area contributed by atoms with E-state index in [2.05, 4.69) is 16.4 Å². The Morgan fingerprint density at radius 3 is 2.69 bits per heavy atom. The van der Waals surface area contributed by atoms with Gasteiger partial charge in [0.2, 0.25) is 5.91 Å². The molecule has 1 heterocycles. The number of nitrogens with one attached hydrogen (secondary N) is 1. The number of amides is 1. The van der Waals surface area contributed by atoms with Crippen molar-refractivity contribution in [3.63, 3.8) is 0 Å². The van der Waals surface area contributed by atoms with Crippen LogP contribution in [0, 0.1) is 11.8 Å². The van der Waals surface area contributed by atoms with Gasteiger partial charge in [-0.15, -0.1) is 0 Å². The molecule has 1 fully saturated rings. The molecule has 1 saturated carbocycles. The smallest absolute Gasteiger partial charge is 0.227 e. The monoisotopic (exact) mass is 410 g/mol. The summed E-state index contributed by atoms with van der Waals surface area (Å²) in [4.78, 5) is 17.1. The number of ether oxygens (including phenoxy) is 1. The van der Waals surface area contributed by atoms with Gasteiger partial charge >= 0.3 is 0 Å². The number of nitrogens with zero attached hydrogens (tertiary/aromatic N) is 1. The standard InChI is InChI=1S/C24H27ClN2O2/c1-16(24(28)27-19-10-8-18(25)9-11-19)17-6-12-20(13-7-17)29-23-14-15-26-22-5-3-2-4-21(22)23/h2-5,8,10,14-17,20H,6-7,9,11-13H2,1H3,(H,27,28). The van der Waals surface area contributed by atoms with Crippen LogP contribution in [0.3, 0.4) is 0 Å². The lowest BCUT2D eigenvalue weighted by molar-refractivity contribution is -0.126. The van der Waals surface area contributed by atoms with Crippen LogP contribution in [0.15, 0.2) is 59.4 Å². The van der Waals surface area contributed by atoms with Gasteiger partial charge in [-0.3, -0.25) is 9.78 Å². The highest BCUT2D eigenvalue weighted by atomic mass is 35.5. The summed E-state index contributed by atoms with van der Waals surface area (Å²) in [6, 6.07) is 10.0. The van der Waals surface area contributed by atoms with Gasteiger partial charge in [0.1, 0.15) is 5.75 Å². The van der Waals surface area contributed by atoms with E-state index in [-0.39, 0.29) is 17.9 Å². The number of para-hydroxylation sites is 1. The largest absolute Gasteiger partial charge is 0.490 e. The Balaban J connectivity index is 1.31. The quantitative estimate of drug-likeness (QED) is 0.685. The van der Waals surface area contributed by atoms with E-state index in [4.69, 9.17) is 16.3 Å². The Bertz CT molecular complexity index is 940. The molecule has 4 rings (SSSR count). The summed E-state index contributed by atoms with van der Waals surface area (Å²) in [5.74, 6) is 1.42. The van der Waals surface area contributed by atoms with E-state index < -0.39 is 0 Å². The number of halogens is 1. The predicted octanol–water partition coefficient (Wildman–Crippen LogP) is 5.73. The van der Waals surface area contributed by atoms with Crippen molar-refractivity contribution >= 4 is 28.4 Å². The zero-order valence-corrected chi connectivity index (χ0v) is 17.5. The highest BCUT2D eigenvalue weighted by molar-refractivity contribution is 6.29. The van der Waals surface area contributed by atoms with Gasteiger partial charge in [-0.05, 0) is 74.8 Å². The molecule has 1 unspecified atom stereocenters. The Kier molecular flexibility index (Phi) is 6.19. The molecule has 1 aromatic heterocycles. The molecule has 0 bridgehead atoms. The summed E-state index contributed by atoms with van der Waals surface area (Å²) >= 11 is 6.00. The molecule has 1 aromatic carbocycles. The minimum absolute atomic E-state index is 0.0000153. The molecule has 2 aromatic rings. The van der Waals surface area contributed by atoms with E-state index >= 15 is 0 Å². The molecule has 5 heteroatoms. The van der Waals surface area contributed by atoms with Gasteiger partial charge in [0.05, 0.1) is 11.6 Å². The van der Waals surface area contributed by atoms with Crippen LogP contribution in [0.4, 0.5) is 0 Å². The molecule has 0 radical (unpaired) electrons. The number of pyridine rings is 1. The summed E-state index contributed by atoms with van der Waals surface area (Å²) in [6.45, 7) is 2.05. The Hall–Kier alpha value is -2.33. The number of hydrogen-bond donors (Lipinski definition) is 1. The maximum atomic E-state index is 12.7. The third-order valence-electron chi connectivity index (χ3n) is 6.12. The fraction of sp³-hybridized carbons (Fsp3) is 0.417. The highest BCUT2D eigenvalue weighted by Crippen LogP contribution is 2.34. The first-order chi connectivity index (χ1) is 14.1. The number of carbonyl (C=O) groups is 1. The van der Waals surface area contributed by atoms with Crippen LogP contribution in [0.25, 0.3) is 10.9 Å². The molecule has 1 N–H and O–H groups in total. The van der Waals surface area contributed by atoms with Crippen molar-refractivity contribution < 1.29 is 9.53 Å². The molecule has 1 atom stereocenters. The second-order valence-electron chi connectivity index (χ2n) is 8.06. The number of aromatic nitrogens is 1. The first kappa shape index (κ1) is 20.0. The average Bonchev–Trinajstić information content (AvgIpc) is 2.75. The second kappa shape index (κ2) is 9.00. The molecule has 0 aliphatic heterocycles. The lowest BCUT2D eigenvalue weighted by Gasteiger charge is -2.32. The first-order valence-electron chi connectivity index (χ1n) is 10.5. The van der Waals surface area contributed by atoms with Crippen LogP contribution >= 0.6 is 11.6 Å². The number of rotatable bonds is 5. The van der Waals surface area contributed by atoms with Gasteiger partial charge < -0.3 is 10.1 Å². The Labute approximate surface area is 177 Å². The number of hydrogen-bond acceptors (Lipinski definition) is 3. The minimum Gasteiger partial charge on any atom is -0.490 e. The highest BCUT2D eigenvalue weighted by Gasteiger charge is 2.30. The van der Waals surface area contributed by atoms with Gasteiger partial charge in [0.25, 0.3) is 0 Å². The van der Waals surface area contributed by atoms with Crippen molar-refractivity contribution in [1.29, 1.82) is 0 Å². The average molecular weight is 411 g/mol. The summed E-state index contributed by atoms with van der Waals surface area (Å²) in [7, 11) is 0. The van der Waals surface area contributed by atoms with Crippen LogP contribution in [0.1, 0.15) is 45.4 Å².